The smallest absolute Gasteiger partial charge is 0.122 e. The highest BCUT2D eigenvalue weighted by Crippen LogP contribution is 2.30. The topological polar surface area (TPSA) is 15.7 Å². The molecular formula is C28H33ClN2OS. The lowest BCUT2D eigenvalue weighted by molar-refractivity contribution is 0.204. The molecule has 0 bridgehead atoms. The van der Waals surface area contributed by atoms with Gasteiger partial charge in [-0.15, -0.1) is 0 Å². The fraction of sp³-hybridized carbons (Fsp3) is 0.357. The molecule has 3 aromatic carbocycles. The molecule has 1 aliphatic rings. The van der Waals surface area contributed by atoms with Gasteiger partial charge in [-0.3, -0.25) is 0 Å². The molecule has 0 atom stereocenters. The van der Waals surface area contributed by atoms with Gasteiger partial charge in [0.25, 0.3) is 0 Å². The average Bonchev–Trinajstić information content (AvgIpc) is 2.87. The third kappa shape index (κ3) is 7.70. The Bertz CT molecular complexity index is 961. The monoisotopic (exact) mass is 480 g/mol. The van der Waals surface area contributed by atoms with Gasteiger partial charge in [0.2, 0.25) is 0 Å². The van der Waals surface area contributed by atoms with E-state index in [2.05, 4.69) is 75.9 Å². The van der Waals surface area contributed by atoms with Gasteiger partial charge < -0.3 is 13.9 Å². The number of benzene rings is 3. The van der Waals surface area contributed by atoms with Crippen LogP contribution in [0.2, 0.25) is 5.02 Å². The number of anilines is 1. The quantitative estimate of drug-likeness (QED) is 0.210. The Balaban J connectivity index is 1.35. The molecule has 3 aromatic rings. The Labute approximate surface area is 207 Å². The van der Waals surface area contributed by atoms with Crippen LogP contribution in [0.4, 0.5) is 5.69 Å². The lowest BCUT2D eigenvalue weighted by Gasteiger charge is -2.26. The molecule has 33 heavy (non-hydrogen) atoms. The zero-order valence-electron chi connectivity index (χ0n) is 19.2. The molecule has 0 aliphatic carbocycles. The number of nitrogens with zero attached hydrogens (tertiary/aromatic N) is 2. The summed E-state index contributed by atoms with van der Waals surface area (Å²) >= 11 is 7.82. The van der Waals surface area contributed by atoms with Gasteiger partial charge in [-0.05, 0) is 98.7 Å². The summed E-state index contributed by atoms with van der Waals surface area (Å²) in [5.41, 5.74) is 2.45. The number of para-hydroxylation sites is 2. The number of hydrogen-bond acceptors (Lipinski definition) is 4. The van der Waals surface area contributed by atoms with E-state index < -0.39 is 0 Å². The molecule has 4 rings (SSSR count). The van der Waals surface area contributed by atoms with E-state index in [9.17, 15) is 0 Å². The molecule has 0 spiro atoms. The molecule has 174 valence electrons. The highest BCUT2D eigenvalue weighted by atomic mass is 35.5. The van der Waals surface area contributed by atoms with E-state index in [-0.39, 0.29) is 0 Å². The van der Waals surface area contributed by atoms with Crippen molar-refractivity contribution in [2.24, 2.45) is 0 Å². The zero-order valence-corrected chi connectivity index (χ0v) is 20.7. The normalized spacial score (nSPS) is 14.2. The summed E-state index contributed by atoms with van der Waals surface area (Å²) in [4.78, 5) is 3.75. The number of ether oxygens (including phenoxy) is 1. The first kappa shape index (κ1) is 24.0. The van der Waals surface area contributed by atoms with Crippen LogP contribution in [0.1, 0.15) is 31.2 Å². The van der Waals surface area contributed by atoms with E-state index in [0.717, 1.165) is 43.3 Å². The van der Waals surface area contributed by atoms with Crippen molar-refractivity contribution in [2.45, 2.75) is 37.0 Å². The van der Waals surface area contributed by atoms with Crippen LogP contribution in [0.5, 0.6) is 5.75 Å². The van der Waals surface area contributed by atoms with Gasteiger partial charge in [0.15, 0.2) is 0 Å². The lowest BCUT2D eigenvalue weighted by atomic mass is 10.1. The number of piperidine rings is 1. The maximum absolute atomic E-state index is 6.23. The van der Waals surface area contributed by atoms with Crippen LogP contribution in [-0.2, 0) is 6.42 Å². The van der Waals surface area contributed by atoms with Gasteiger partial charge >= 0.3 is 0 Å². The highest BCUT2D eigenvalue weighted by Gasteiger charge is 2.12. The molecule has 3 nitrogen and oxygen atoms in total. The molecule has 0 radical (unpaired) electrons. The largest absolute Gasteiger partial charge is 0.493 e. The predicted octanol–water partition coefficient (Wildman–Crippen LogP) is 7.35. The number of halogens is 1. The molecule has 1 saturated heterocycles. The molecule has 0 saturated carbocycles. The molecule has 0 amide bonds. The first-order valence-electron chi connectivity index (χ1n) is 12.0. The van der Waals surface area contributed by atoms with E-state index in [0.29, 0.717) is 0 Å². The molecule has 0 aromatic heterocycles. The van der Waals surface area contributed by atoms with Crippen LogP contribution in [0.15, 0.2) is 83.8 Å². The molecule has 1 heterocycles. The predicted molar refractivity (Wildman–Crippen MR) is 142 cm³/mol. The molecule has 5 heteroatoms. The van der Waals surface area contributed by atoms with Gasteiger partial charge in [-0.2, -0.15) is 0 Å². The summed E-state index contributed by atoms with van der Waals surface area (Å²) < 4.78 is 8.57. The van der Waals surface area contributed by atoms with Gasteiger partial charge in [-0.1, -0.05) is 54.4 Å². The minimum absolute atomic E-state index is 0.761. The van der Waals surface area contributed by atoms with Gasteiger partial charge in [0.05, 0.1) is 6.61 Å². The SMILES string of the molecule is Clc1ccc(SN(CCc2ccccc2OCCCN2CCCCC2)c2ccccc2)cc1. The summed E-state index contributed by atoms with van der Waals surface area (Å²) in [6.07, 6.45) is 6.07. The molecular weight excluding hydrogens is 448 g/mol. The Hall–Kier alpha value is -2.14. The number of hydrogen-bond donors (Lipinski definition) is 0. The summed E-state index contributed by atoms with van der Waals surface area (Å²) in [6.45, 7) is 5.29. The van der Waals surface area contributed by atoms with Crippen molar-refractivity contribution in [1.82, 2.24) is 4.90 Å². The molecule has 1 aliphatic heterocycles. The Morgan fingerprint density at radius 2 is 1.58 bits per heavy atom. The summed E-state index contributed by atoms with van der Waals surface area (Å²) in [5, 5.41) is 0.761. The van der Waals surface area contributed by atoms with Crippen LogP contribution < -0.4 is 9.04 Å². The molecule has 0 N–H and O–H groups in total. The van der Waals surface area contributed by atoms with Crippen molar-refractivity contribution < 1.29 is 4.74 Å². The maximum atomic E-state index is 6.23. The second-order valence-electron chi connectivity index (χ2n) is 8.44. The minimum Gasteiger partial charge on any atom is -0.493 e. The second-order valence-corrected chi connectivity index (χ2v) is 9.98. The first-order valence-corrected chi connectivity index (χ1v) is 13.1. The van der Waals surface area contributed by atoms with E-state index >= 15 is 0 Å². The highest BCUT2D eigenvalue weighted by molar-refractivity contribution is 8.00. The lowest BCUT2D eigenvalue weighted by Crippen LogP contribution is -2.31. The standard InChI is InChI=1S/C28H33ClN2OS/c29-25-14-16-27(17-15-25)33-31(26-11-3-1-4-12-26)22-18-24-10-5-6-13-28(24)32-23-9-21-30-19-7-2-8-20-30/h1,3-6,10-17H,2,7-9,18-23H2. The van der Waals surface area contributed by atoms with E-state index in [1.807, 2.05) is 12.1 Å². The van der Waals surface area contributed by atoms with Gasteiger partial charge in [0.1, 0.15) is 5.75 Å². The minimum atomic E-state index is 0.761. The fourth-order valence-electron chi connectivity index (χ4n) is 4.17. The van der Waals surface area contributed by atoms with Gasteiger partial charge in [-0.25, -0.2) is 0 Å². The van der Waals surface area contributed by atoms with Crippen molar-refractivity contribution in [1.29, 1.82) is 0 Å². The van der Waals surface area contributed by atoms with Crippen molar-refractivity contribution >= 4 is 29.2 Å². The van der Waals surface area contributed by atoms with Gasteiger partial charge in [0, 0.05) is 28.7 Å². The Kier molecular flexibility index (Phi) is 9.40. The van der Waals surface area contributed by atoms with Crippen LogP contribution in [0.3, 0.4) is 0 Å². The number of likely N-dealkylation sites (tertiary alicyclic amines) is 1. The summed E-state index contributed by atoms with van der Waals surface area (Å²) in [6, 6.07) is 27.1. The van der Waals surface area contributed by atoms with Crippen molar-refractivity contribution in [2.75, 3.05) is 37.1 Å². The Morgan fingerprint density at radius 3 is 2.36 bits per heavy atom. The van der Waals surface area contributed by atoms with E-state index in [4.69, 9.17) is 16.3 Å². The van der Waals surface area contributed by atoms with Crippen molar-refractivity contribution in [3.63, 3.8) is 0 Å². The van der Waals surface area contributed by atoms with Crippen LogP contribution >= 0.6 is 23.5 Å². The summed E-state index contributed by atoms with van der Waals surface area (Å²) in [5.74, 6) is 1.01. The van der Waals surface area contributed by atoms with Crippen LogP contribution in [0, 0.1) is 0 Å². The van der Waals surface area contributed by atoms with Crippen molar-refractivity contribution in [3.05, 3.63) is 89.4 Å². The third-order valence-electron chi connectivity index (χ3n) is 5.96. The third-order valence-corrected chi connectivity index (χ3v) is 7.30. The zero-order chi connectivity index (χ0) is 22.7. The van der Waals surface area contributed by atoms with Crippen LogP contribution in [0.25, 0.3) is 0 Å². The van der Waals surface area contributed by atoms with Crippen molar-refractivity contribution in [3.8, 4) is 5.75 Å². The van der Waals surface area contributed by atoms with E-state index in [1.165, 1.54) is 48.5 Å². The molecule has 0 unspecified atom stereocenters. The Morgan fingerprint density at radius 1 is 0.848 bits per heavy atom. The van der Waals surface area contributed by atoms with Crippen LogP contribution in [-0.4, -0.2) is 37.7 Å². The average molecular weight is 481 g/mol. The summed E-state index contributed by atoms with van der Waals surface area (Å²) in [7, 11) is 0. The molecule has 1 fully saturated rings. The number of rotatable bonds is 11. The maximum Gasteiger partial charge on any atom is 0.122 e. The fourth-order valence-corrected chi connectivity index (χ4v) is 5.22. The van der Waals surface area contributed by atoms with E-state index in [1.54, 1.807) is 11.9 Å². The first-order chi connectivity index (χ1) is 16.3. The second kappa shape index (κ2) is 12.9.